The highest BCUT2D eigenvalue weighted by atomic mass is 19.1. The summed E-state index contributed by atoms with van der Waals surface area (Å²) in [4.78, 5) is 8.85. The number of piperazine rings is 1. The quantitative estimate of drug-likeness (QED) is 0.420. The van der Waals surface area contributed by atoms with Gasteiger partial charge in [-0.1, -0.05) is 12.1 Å². The minimum Gasteiger partial charge on any atom is -0.383 e. The molecule has 0 saturated carbocycles. The second-order valence-electron chi connectivity index (χ2n) is 6.40. The summed E-state index contributed by atoms with van der Waals surface area (Å²) in [5.74, 6) is 0.324. The van der Waals surface area contributed by atoms with Crippen LogP contribution in [0.2, 0.25) is 0 Å². The molecule has 1 aliphatic heterocycles. The van der Waals surface area contributed by atoms with Gasteiger partial charge in [0, 0.05) is 52.4 Å². The maximum atomic E-state index is 13.8. The first kappa shape index (κ1) is 19.5. The average molecular weight is 351 g/mol. The molecule has 1 unspecified atom stereocenters. The minimum absolute atomic E-state index is 0.143. The summed E-state index contributed by atoms with van der Waals surface area (Å²) in [5, 5.41) is 3.10. The molecule has 0 aliphatic carbocycles. The fourth-order valence-corrected chi connectivity index (χ4v) is 3.00. The molecule has 3 N–H and O–H groups in total. The van der Waals surface area contributed by atoms with Crippen molar-refractivity contribution in [2.45, 2.75) is 19.4 Å². The maximum Gasteiger partial charge on any atom is 0.188 e. The van der Waals surface area contributed by atoms with E-state index >= 15 is 0 Å². The molecule has 0 spiro atoms. The summed E-state index contributed by atoms with van der Waals surface area (Å²) < 4.78 is 18.9. The Morgan fingerprint density at radius 2 is 2.04 bits per heavy atom. The van der Waals surface area contributed by atoms with E-state index < -0.39 is 0 Å². The van der Waals surface area contributed by atoms with Crippen LogP contribution in [0.5, 0.6) is 0 Å². The van der Waals surface area contributed by atoms with Crippen LogP contribution in [0.15, 0.2) is 29.3 Å². The van der Waals surface area contributed by atoms with Gasteiger partial charge in [0.15, 0.2) is 5.96 Å². The Kier molecular flexibility index (Phi) is 7.94. The highest BCUT2D eigenvalue weighted by Gasteiger charge is 2.18. The second kappa shape index (κ2) is 10.2. The van der Waals surface area contributed by atoms with E-state index in [4.69, 9.17) is 10.5 Å². The van der Waals surface area contributed by atoms with E-state index in [1.54, 1.807) is 13.2 Å². The number of rotatable bonds is 8. The number of anilines is 1. The molecule has 2 rings (SSSR count). The molecule has 1 aromatic carbocycles. The molecular formula is C18H30FN5O. The Morgan fingerprint density at radius 3 is 2.72 bits per heavy atom. The first-order valence-electron chi connectivity index (χ1n) is 8.87. The molecular weight excluding hydrogens is 321 g/mol. The fraction of sp³-hybridized carbons (Fsp3) is 0.611. The monoisotopic (exact) mass is 351 g/mol. The molecule has 0 amide bonds. The van der Waals surface area contributed by atoms with Crippen molar-refractivity contribution in [1.82, 2.24) is 10.2 Å². The Bertz CT molecular complexity index is 546. The van der Waals surface area contributed by atoms with E-state index in [9.17, 15) is 4.39 Å². The first-order valence-corrected chi connectivity index (χ1v) is 8.87. The standard InChI is InChI=1S/C18H30FN5O/c1-15(14-25-2)22-18(20)21-8-5-9-23-10-12-24(13-11-23)17-7-4-3-6-16(17)19/h3-4,6-7,15H,5,8-14H2,1-2H3,(H3,20,21,22). The molecule has 7 heteroatoms. The fourth-order valence-electron chi connectivity index (χ4n) is 3.00. The lowest BCUT2D eigenvalue weighted by molar-refractivity contribution is 0.179. The van der Waals surface area contributed by atoms with E-state index in [1.165, 1.54) is 6.07 Å². The van der Waals surface area contributed by atoms with Crippen molar-refractivity contribution in [2.75, 3.05) is 57.9 Å². The number of hydrogen-bond acceptors (Lipinski definition) is 4. The molecule has 25 heavy (non-hydrogen) atoms. The average Bonchev–Trinajstić information content (AvgIpc) is 2.60. The van der Waals surface area contributed by atoms with Crippen LogP contribution in [0, 0.1) is 5.82 Å². The van der Waals surface area contributed by atoms with Gasteiger partial charge in [0.05, 0.1) is 12.3 Å². The second-order valence-corrected chi connectivity index (χ2v) is 6.40. The van der Waals surface area contributed by atoms with Crippen LogP contribution < -0.4 is 16.0 Å². The number of ether oxygens (including phenoxy) is 1. The molecule has 1 saturated heterocycles. The summed E-state index contributed by atoms with van der Waals surface area (Å²) in [6.45, 7) is 7.86. The SMILES string of the molecule is COCC(C)NC(N)=NCCCN1CCN(c2ccccc2F)CC1. The van der Waals surface area contributed by atoms with E-state index in [-0.39, 0.29) is 11.9 Å². The number of benzene rings is 1. The van der Waals surface area contributed by atoms with Crippen LogP contribution >= 0.6 is 0 Å². The molecule has 0 aromatic heterocycles. The van der Waals surface area contributed by atoms with Gasteiger partial charge >= 0.3 is 0 Å². The molecule has 1 atom stereocenters. The van der Waals surface area contributed by atoms with Gasteiger partial charge < -0.3 is 20.7 Å². The third kappa shape index (κ3) is 6.51. The van der Waals surface area contributed by atoms with Gasteiger partial charge in [-0.05, 0) is 25.5 Å². The zero-order chi connectivity index (χ0) is 18.1. The third-order valence-electron chi connectivity index (χ3n) is 4.29. The van der Waals surface area contributed by atoms with Gasteiger partial charge in [-0.2, -0.15) is 0 Å². The van der Waals surface area contributed by atoms with Gasteiger partial charge in [-0.3, -0.25) is 9.89 Å². The van der Waals surface area contributed by atoms with E-state index in [1.807, 2.05) is 19.1 Å². The Hall–Kier alpha value is -1.86. The Balaban J connectivity index is 1.65. The van der Waals surface area contributed by atoms with Gasteiger partial charge in [0.1, 0.15) is 5.82 Å². The van der Waals surface area contributed by atoms with Crippen molar-refractivity contribution in [1.29, 1.82) is 0 Å². The van der Waals surface area contributed by atoms with E-state index in [0.29, 0.717) is 24.8 Å². The minimum atomic E-state index is -0.143. The predicted molar refractivity (Wildman–Crippen MR) is 101 cm³/mol. The van der Waals surface area contributed by atoms with Gasteiger partial charge in [0.2, 0.25) is 0 Å². The first-order chi connectivity index (χ1) is 12.1. The largest absolute Gasteiger partial charge is 0.383 e. The number of halogens is 1. The number of para-hydroxylation sites is 1. The van der Waals surface area contributed by atoms with Crippen molar-refractivity contribution in [3.8, 4) is 0 Å². The van der Waals surface area contributed by atoms with Crippen LogP contribution in [-0.4, -0.2) is 69.9 Å². The van der Waals surface area contributed by atoms with E-state index in [2.05, 4.69) is 20.1 Å². The highest BCUT2D eigenvalue weighted by molar-refractivity contribution is 5.78. The number of hydrogen-bond donors (Lipinski definition) is 2. The van der Waals surface area contributed by atoms with Crippen molar-refractivity contribution in [2.24, 2.45) is 10.7 Å². The smallest absolute Gasteiger partial charge is 0.188 e. The van der Waals surface area contributed by atoms with Crippen LogP contribution in [0.25, 0.3) is 0 Å². The maximum absolute atomic E-state index is 13.8. The Morgan fingerprint density at radius 1 is 1.32 bits per heavy atom. The molecule has 0 bridgehead atoms. The van der Waals surface area contributed by atoms with Gasteiger partial charge in [0.25, 0.3) is 0 Å². The van der Waals surface area contributed by atoms with Gasteiger partial charge in [-0.15, -0.1) is 0 Å². The summed E-state index contributed by atoms with van der Waals surface area (Å²) in [6.07, 6.45) is 0.959. The summed E-state index contributed by atoms with van der Waals surface area (Å²) >= 11 is 0. The molecule has 140 valence electrons. The lowest BCUT2D eigenvalue weighted by atomic mass is 10.2. The van der Waals surface area contributed by atoms with Crippen LogP contribution in [-0.2, 0) is 4.74 Å². The molecule has 0 radical (unpaired) electrons. The number of nitrogens with two attached hydrogens (primary N) is 1. The predicted octanol–water partition coefficient (Wildman–Crippen LogP) is 1.28. The van der Waals surface area contributed by atoms with Crippen molar-refractivity contribution in [3.05, 3.63) is 30.1 Å². The highest BCUT2D eigenvalue weighted by Crippen LogP contribution is 2.20. The van der Waals surface area contributed by atoms with Crippen LogP contribution in [0.4, 0.5) is 10.1 Å². The molecule has 1 heterocycles. The normalized spacial score (nSPS) is 17.6. The van der Waals surface area contributed by atoms with Crippen LogP contribution in [0.1, 0.15) is 13.3 Å². The number of aliphatic imine (C=N–C) groups is 1. The molecule has 6 nitrogen and oxygen atoms in total. The van der Waals surface area contributed by atoms with Crippen molar-refractivity contribution < 1.29 is 9.13 Å². The Labute approximate surface area is 149 Å². The zero-order valence-electron chi connectivity index (χ0n) is 15.2. The van der Waals surface area contributed by atoms with Crippen molar-refractivity contribution in [3.63, 3.8) is 0 Å². The lowest BCUT2D eigenvalue weighted by Crippen LogP contribution is -2.47. The summed E-state index contributed by atoms with van der Waals surface area (Å²) in [6, 6.07) is 7.13. The number of methoxy groups -OCH3 is 1. The van der Waals surface area contributed by atoms with Crippen molar-refractivity contribution >= 4 is 11.6 Å². The summed E-state index contributed by atoms with van der Waals surface area (Å²) in [5.41, 5.74) is 6.55. The third-order valence-corrected chi connectivity index (χ3v) is 4.29. The van der Waals surface area contributed by atoms with E-state index in [0.717, 1.165) is 39.1 Å². The molecule has 1 aromatic rings. The molecule has 1 fully saturated rings. The lowest BCUT2D eigenvalue weighted by Gasteiger charge is -2.36. The van der Waals surface area contributed by atoms with Gasteiger partial charge in [-0.25, -0.2) is 4.39 Å². The summed E-state index contributed by atoms with van der Waals surface area (Å²) in [7, 11) is 1.66. The number of nitrogens with zero attached hydrogens (tertiary/aromatic N) is 3. The van der Waals surface area contributed by atoms with Crippen LogP contribution in [0.3, 0.4) is 0 Å². The number of nitrogens with one attached hydrogen (secondary N) is 1. The molecule has 1 aliphatic rings. The zero-order valence-corrected chi connectivity index (χ0v) is 15.2. The number of guanidine groups is 1. The topological polar surface area (TPSA) is 66.1 Å².